The molecule has 0 aliphatic carbocycles. The number of aromatic hydroxyl groups is 1. The molecule has 1 aromatic carbocycles. The summed E-state index contributed by atoms with van der Waals surface area (Å²) in [5.41, 5.74) is 0.644. The number of rotatable bonds is 4. The molecule has 0 aliphatic heterocycles. The molecule has 6 heteroatoms. The molecule has 2 rings (SSSR count). The molecule has 96 valence electrons. The fourth-order valence-corrected chi connectivity index (χ4v) is 1.58. The highest BCUT2D eigenvalue weighted by atomic mass is 16.4. The Labute approximate surface area is 103 Å². The van der Waals surface area contributed by atoms with Crippen molar-refractivity contribution in [3.63, 3.8) is 0 Å². The first-order valence-corrected chi connectivity index (χ1v) is 5.44. The molecule has 0 saturated heterocycles. The molecule has 2 aromatic rings. The maximum absolute atomic E-state index is 9.68. The lowest BCUT2D eigenvalue weighted by Gasteiger charge is -2.13. The largest absolute Gasteiger partial charge is 0.504 e. The van der Waals surface area contributed by atoms with Crippen molar-refractivity contribution in [3.05, 3.63) is 42.2 Å². The van der Waals surface area contributed by atoms with Crippen LogP contribution in [0.15, 0.2) is 36.5 Å². The molecule has 6 nitrogen and oxygen atoms in total. The van der Waals surface area contributed by atoms with Gasteiger partial charge in [-0.1, -0.05) is 18.2 Å². The summed E-state index contributed by atoms with van der Waals surface area (Å²) in [5, 5.41) is 41.4. The summed E-state index contributed by atoms with van der Waals surface area (Å²) >= 11 is 0. The maximum atomic E-state index is 9.68. The highest BCUT2D eigenvalue weighted by Gasteiger charge is 2.24. The molecule has 0 bridgehead atoms. The Hall–Kier alpha value is -1.89. The third kappa shape index (κ3) is 2.35. The lowest BCUT2D eigenvalue weighted by Crippen LogP contribution is -2.22. The van der Waals surface area contributed by atoms with Crippen LogP contribution in [0.2, 0.25) is 0 Å². The van der Waals surface area contributed by atoms with Gasteiger partial charge in [0.1, 0.15) is 17.9 Å². The van der Waals surface area contributed by atoms with Gasteiger partial charge in [0, 0.05) is 0 Å². The van der Waals surface area contributed by atoms with Gasteiger partial charge in [-0.05, 0) is 12.1 Å². The molecule has 0 amide bonds. The Bertz CT molecular complexity index is 512. The number of aliphatic hydroxyl groups is 3. The van der Waals surface area contributed by atoms with E-state index in [0.29, 0.717) is 5.69 Å². The average molecular weight is 250 g/mol. The molecule has 1 heterocycles. The molecule has 2 atom stereocenters. The highest BCUT2D eigenvalue weighted by Crippen LogP contribution is 2.26. The molecule has 0 spiro atoms. The third-order valence-electron chi connectivity index (χ3n) is 2.57. The first-order chi connectivity index (χ1) is 8.63. The van der Waals surface area contributed by atoms with E-state index >= 15 is 0 Å². The fourth-order valence-electron chi connectivity index (χ4n) is 1.58. The van der Waals surface area contributed by atoms with Crippen molar-refractivity contribution in [3.8, 4) is 11.4 Å². The van der Waals surface area contributed by atoms with Crippen molar-refractivity contribution < 1.29 is 20.4 Å². The lowest BCUT2D eigenvalue weighted by molar-refractivity contribution is -0.0183. The molecule has 0 unspecified atom stereocenters. The van der Waals surface area contributed by atoms with Crippen LogP contribution in [0.3, 0.4) is 0 Å². The topological polar surface area (TPSA) is 98.7 Å². The number of hydrogen-bond donors (Lipinski definition) is 4. The molecule has 4 N–H and O–H groups in total. The van der Waals surface area contributed by atoms with Crippen molar-refractivity contribution >= 4 is 0 Å². The van der Waals surface area contributed by atoms with Crippen LogP contribution >= 0.6 is 0 Å². The minimum Gasteiger partial charge on any atom is -0.504 e. The van der Waals surface area contributed by atoms with E-state index < -0.39 is 18.8 Å². The Kier molecular flexibility index (Phi) is 3.61. The van der Waals surface area contributed by atoms with Gasteiger partial charge in [-0.2, -0.15) is 5.10 Å². The summed E-state index contributed by atoms with van der Waals surface area (Å²) in [7, 11) is 0. The van der Waals surface area contributed by atoms with Gasteiger partial charge in [-0.25, -0.2) is 4.68 Å². The Morgan fingerprint density at radius 1 is 1.17 bits per heavy atom. The summed E-state index contributed by atoms with van der Waals surface area (Å²) in [5.74, 6) is -0.237. The van der Waals surface area contributed by atoms with E-state index in [4.69, 9.17) is 5.11 Å². The average Bonchev–Trinajstić information content (AvgIpc) is 2.80. The quantitative estimate of drug-likeness (QED) is 0.610. The number of nitrogens with zero attached hydrogens (tertiary/aromatic N) is 2. The molecule has 0 saturated carbocycles. The number of aliphatic hydroxyl groups excluding tert-OH is 3. The van der Waals surface area contributed by atoms with Crippen molar-refractivity contribution in [2.75, 3.05) is 6.61 Å². The molecule has 1 aromatic heterocycles. The van der Waals surface area contributed by atoms with Gasteiger partial charge in [0.05, 0.1) is 18.5 Å². The van der Waals surface area contributed by atoms with E-state index in [-0.39, 0.29) is 11.4 Å². The van der Waals surface area contributed by atoms with E-state index in [9.17, 15) is 15.3 Å². The van der Waals surface area contributed by atoms with Gasteiger partial charge in [0.25, 0.3) is 0 Å². The minimum absolute atomic E-state index is 0.0691. The zero-order valence-corrected chi connectivity index (χ0v) is 9.51. The Morgan fingerprint density at radius 2 is 1.83 bits per heavy atom. The number of benzene rings is 1. The first-order valence-electron chi connectivity index (χ1n) is 5.44. The van der Waals surface area contributed by atoms with Crippen molar-refractivity contribution in [1.29, 1.82) is 0 Å². The van der Waals surface area contributed by atoms with E-state index in [0.717, 1.165) is 0 Å². The minimum atomic E-state index is -1.43. The predicted molar refractivity (Wildman–Crippen MR) is 63.3 cm³/mol. The van der Waals surface area contributed by atoms with Gasteiger partial charge in [-0.15, -0.1) is 0 Å². The smallest absolute Gasteiger partial charge is 0.160 e. The summed E-state index contributed by atoms with van der Waals surface area (Å²) in [4.78, 5) is 0. The molecular formula is C12H14N2O4. The van der Waals surface area contributed by atoms with E-state index in [2.05, 4.69) is 5.10 Å². The van der Waals surface area contributed by atoms with Crippen LogP contribution in [-0.4, -0.2) is 42.9 Å². The van der Waals surface area contributed by atoms with Crippen LogP contribution in [0.1, 0.15) is 11.8 Å². The van der Waals surface area contributed by atoms with E-state index in [1.807, 2.05) is 18.2 Å². The van der Waals surface area contributed by atoms with Crippen LogP contribution < -0.4 is 0 Å². The molecule has 0 aliphatic rings. The van der Waals surface area contributed by atoms with E-state index in [1.165, 1.54) is 10.9 Å². The second-order valence-corrected chi connectivity index (χ2v) is 3.87. The Morgan fingerprint density at radius 3 is 2.44 bits per heavy atom. The maximum Gasteiger partial charge on any atom is 0.160 e. The molecular weight excluding hydrogens is 236 g/mol. The van der Waals surface area contributed by atoms with Gasteiger partial charge in [0.2, 0.25) is 0 Å². The number of aromatic nitrogens is 2. The normalized spacial score (nSPS) is 14.4. The first kappa shape index (κ1) is 12.6. The van der Waals surface area contributed by atoms with Crippen LogP contribution in [0.25, 0.3) is 5.69 Å². The van der Waals surface area contributed by atoms with Gasteiger partial charge in [0.15, 0.2) is 5.75 Å². The summed E-state index contributed by atoms with van der Waals surface area (Å²) in [6, 6.07) is 9.04. The highest BCUT2D eigenvalue weighted by molar-refractivity contribution is 5.35. The van der Waals surface area contributed by atoms with Gasteiger partial charge < -0.3 is 20.4 Å². The van der Waals surface area contributed by atoms with Crippen LogP contribution in [0.5, 0.6) is 5.75 Å². The Balaban J connectivity index is 2.33. The molecule has 18 heavy (non-hydrogen) atoms. The zero-order valence-electron chi connectivity index (χ0n) is 9.51. The predicted octanol–water partition coefficient (Wildman–Crippen LogP) is -0.0355. The summed E-state index contributed by atoms with van der Waals surface area (Å²) in [6.45, 7) is -0.612. The van der Waals surface area contributed by atoms with Crippen LogP contribution in [0.4, 0.5) is 0 Å². The standard InChI is InChI=1S/C12H14N2O4/c15-7-10(17)12(18)11-9(16)6-14(13-11)8-4-2-1-3-5-8/h1-6,10,12,15-18H,7H2/t10-,12-/m1/s1. The summed E-state index contributed by atoms with van der Waals surface area (Å²) in [6.07, 6.45) is -1.48. The van der Waals surface area contributed by atoms with Gasteiger partial charge >= 0.3 is 0 Å². The second kappa shape index (κ2) is 5.18. The van der Waals surface area contributed by atoms with Crippen LogP contribution in [-0.2, 0) is 0 Å². The van der Waals surface area contributed by atoms with Gasteiger partial charge in [-0.3, -0.25) is 0 Å². The molecule has 0 radical (unpaired) electrons. The van der Waals surface area contributed by atoms with Crippen molar-refractivity contribution in [2.24, 2.45) is 0 Å². The van der Waals surface area contributed by atoms with E-state index in [1.54, 1.807) is 12.1 Å². The van der Waals surface area contributed by atoms with Crippen molar-refractivity contribution in [2.45, 2.75) is 12.2 Å². The zero-order chi connectivity index (χ0) is 13.1. The fraction of sp³-hybridized carbons (Fsp3) is 0.250. The third-order valence-corrected chi connectivity index (χ3v) is 2.57. The lowest BCUT2D eigenvalue weighted by atomic mass is 10.1. The SMILES string of the molecule is OC[C@@H](O)[C@@H](O)c1nn(-c2ccccc2)cc1O. The molecule has 0 fully saturated rings. The monoisotopic (exact) mass is 250 g/mol. The summed E-state index contributed by atoms with van der Waals surface area (Å²) < 4.78 is 1.39. The van der Waals surface area contributed by atoms with Crippen LogP contribution in [0, 0.1) is 0 Å². The van der Waals surface area contributed by atoms with Crippen molar-refractivity contribution in [1.82, 2.24) is 9.78 Å². The number of para-hydroxylation sites is 1. The second-order valence-electron chi connectivity index (χ2n) is 3.87. The number of hydrogen-bond acceptors (Lipinski definition) is 5.